The topological polar surface area (TPSA) is 38.9 Å². The molecule has 19 heavy (non-hydrogen) atoms. The summed E-state index contributed by atoms with van der Waals surface area (Å²) in [5.74, 6) is 0. The molecule has 2 aromatic carbocycles. The molecule has 0 aliphatic heterocycles. The van der Waals surface area contributed by atoms with E-state index in [1.165, 1.54) is 0 Å². The highest BCUT2D eigenvalue weighted by molar-refractivity contribution is 6.30. The lowest BCUT2D eigenvalue weighted by atomic mass is 9.99. The second-order valence-corrected chi connectivity index (χ2v) is 4.88. The first-order valence-electron chi connectivity index (χ1n) is 6.10. The van der Waals surface area contributed by atoms with Crippen molar-refractivity contribution in [1.82, 2.24) is 4.98 Å². The third kappa shape index (κ3) is 2.33. The molecule has 0 saturated heterocycles. The fraction of sp³-hybridized carbons (Fsp3) is 0.0625. The summed E-state index contributed by atoms with van der Waals surface area (Å²) >= 11 is 5.90. The molecule has 2 nitrogen and oxygen atoms in total. The zero-order valence-corrected chi connectivity index (χ0v) is 11.0. The highest BCUT2D eigenvalue weighted by atomic mass is 35.5. The van der Waals surface area contributed by atoms with Gasteiger partial charge in [-0.2, -0.15) is 0 Å². The molecule has 3 aromatic rings. The number of halogens is 1. The Kier molecular flexibility index (Phi) is 3.20. The minimum Gasteiger partial charge on any atom is -0.319 e. The summed E-state index contributed by atoms with van der Waals surface area (Å²) < 4.78 is 0. The van der Waals surface area contributed by atoms with Crippen molar-refractivity contribution in [2.75, 3.05) is 0 Å². The van der Waals surface area contributed by atoms with Gasteiger partial charge in [-0.05, 0) is 29.1 Å². The number of pyridine rings is 1. The molecule has 1 atom stereocenters. The second-order valence-electron chi connectivity index (χ2n) is 4.45. The van der Waals surface area contributed by atoms with Gasteiger partial charge in [0.05, 0.1) is 11.7 Å². The molecule has 0 bridgehead atoms. The first-order chi connectivity index (χ1) is 9.25. The number of nitrogens with two attached hydrogens (primary N) is 1. The monoisotopic (exact) mass is 268 g/mol. The highest BCUT2D eigenvalue weighted by Crippen LogP contribution is 2.25. The average Bonchev–Trinajstić information content (AvgIpc) is 2.47. The highest BCUT2D eigenvalue weighted by Gasteiger charge is 2.13. The number of aromatic nitrogens is 1. The summed E-state index contributed by atoms with van der Waals surface area (Å²) in [5.41, 5.74) is 8.22. The van der Waals surface area contributed by atoms with Gasteiger partial charge in [0.1, 0.15) is 0 Å². The van der Waals surface area contributed by atoms with Gasteiger partial charge < -0.3 is 5.73 Å². The Hall–Kier alpha value is -1.90. The summed E-state index contributed by atoms with van der Waals surface area (Å²) in [4.78, 5) is 4.45. The molecule has 0 aliphatic rings. The Labute approximate surface area is 116 Å². The third-order valence-corrected chi connectivity index (χ3v) is 3.48. The summed E-state index contributed by atoms with van der Waals surface area (Å²) in [6, 6.07) is 17.5. The average molecular weight is 269 g/mol. The summed E-state index contributed by atoms with van der Waals surface area (Å²) in [6.07, 6.45) is 1.80. The Balaban J connectivity index is 2.11. The maximum absolute atomic E-state index is 6.33. The molecule has 0 saturated carbocycles. The molecule has 0 amide bonds. The summed E-state index contributed by atoms with van der Waals surface area (Å²) in [5, 5.41) is 2.95. The van der Waals surface area contributed by atoms with Gasteiger partial charge in [-0.1, -0.05) is 48.0 Å². The van der Waals surface area contributed by atoms with Gasteiger partial charge in [0.25, 0.3) is 0 Å². The van der Waals surface area contributed by atoms with Crippen LogP contribution in [0, 0.1) is 0 Å². The van der Waals surface area contributed by atoms with Crippen molar-refractivity contribution in [1.29, 1.82) is 0 Å². The minimum atomic E-state index is -0.247. The van der Waals surface area contributed by atoms with Gasteiger partial charge in [-0.15, -0.1) is 0 Å². The van der Waals surface area contributed by atoms with Crippen LogP contribution in [0.2, 0.25) is 5.02 Å². The van der Waals surface area contributed by atoms with E-state index in [1.54, 1.807) is 6.20 Å². The van der Waals surface area contributed by atoms with Crippen LogP contribution >= 0.6 is 11.6 Å². The number of benzene rings is 2. The Morgan fingerprint density at radius 3 is 2.47 bits per heavy atom. The summed E-state index contributed by atoms with van der Waals surface area (Å²) in [7, 11) is 0. The molecule has 0 fully saturated rings. The Morgan fingerprint density at radius 1 is 0.947 bits per heavy atom. The second kappa shape index (κ2) is 5.00. The van der Waals surface area contributed by atoms with Crippen molar-refractivity contribution in [2.45, 2.75) is 6.04 Å². The van der Waals surface area contributed by atoms with E-state index in [4.69, 9.17) is 17.3 Å². The standard InChI is InChI=1S/C16H13ClN2/c17-13-7-5-12(6-8-13)15(18)16-14-4-2-1-3-11(14)9-10-19-16/h1-10,15H,18H2. The molecular formula is C16H13ClN2. The van der Waals surface area contributed by atoms with Crippen molar-refractivity contribution in [3.63, 3.8) is 0 Å². The molecular weight excluding hydrogens is 256 g/mol. The normalized spacial score (nSPS) is 12.5. The molecule has 0 aliphatic carbocycles. The van der Waals surface area contributed by atoms with E-state index in [2.05, 4.69) is 11.1 Å². The van der Waals surface area contributed by atoms with Crippen LogP contribution in [0.4, 0.5) is 0 Å². The largest absolute Gasteiger partial charge is 0.319 e. The first kappa shape index (κ1) is 12.2. The molecule has 3 rings (SSSR count). The van der Waals surface area contributed by atoms with Crippen molar-refractivity contribution >= 4 is 22.4 Å². The lowest BCUT2D eigenvalue weighted by Gasteiger charge is -2.14. The van der Waals surface area contributed by atoms with E-state index >= 15 is 0 Å². The molecule has 0 radical (unpaired) electrons. The third-order valence-electron chi connectivity index (χ3n) is 3.23. The number of fused-ring (bicyclic) bond motifs is 1. The van der Waals surface area contributed by atoms with Crippen molar-refractivity contribution < 1.29 is 0 Å². The molecule has 1 unspecified atom stereocenters. The van der Waals surface area contributed by atoms with Crippen LogP contribution in [-0.2, 0) is 0 Å². The van der Waals surface area contributed by atoms with Crippen LogP contribution in [0.5, 0.6) is 0 Å². The molecule has 94 valence electrons. The van der Waals surface area contributed by atoms with Crippen LogP contribution in [0.1, 0.15) is 17.3 Å². The van der Waals surface area contributed by atoms with Gasteiger partial charge in [0.2, 0.25) is 0 Å². The van der Waals surface area contributed by atoms with Crippen LogP contribution < -0.4 is 5.73 Å². The number of hydrogen-bond acceptors (Lipinski definition) is 2. The fourth-order valence-electron chi connectivity index (χ4n) is 2.22. The van der Waals surface area contributed by atoms with Gasteiger partial charge in [-0.3, -0.25) is 4.98 Å². The zero-order chi connectivity index (χ0) is 13.2. The molecule has 1 aromatic heterocycles. The molecule has 2 N–H and O–H groups in total. The number of hydrogen-bond donors (Lipinski definition) is 1. The van der Waals surface area contributed by atoms with Crippen LogP contribution in [-0.4, -0.2) is 4.98 Å². The van der Waals surface area contributed by atoms with Crippen LogP contribution in [0.3, 0.4) is 0 Å². The maximum atomic E-state index is 6.33. The smallest absolute Gasteiger partial charge is 0.0732 e. The van der Waals surface area contributed by atoms with E-state index < -0.39 is 0 Å². The van der Waals surface area contributed by atoms with Crippen LogP contribution in [0.25, 0.3) is 10.8 Å². The van der Waals surface area contributed by atoms with E-state index in [9.17, 15) is 0 Å². The van der Waals surface area contributed by atoms with E-state index in [0.29, 0.717) is 5.02 Å². The fourth-order valence-corrected chi connectivity index (χ4v) is 2.34. The lowest BCUT2D eigenvalue weighted by molar-refractivity contribution is 0.840. The van der Waals surface area contributed by atoms with Gasteiger partial charge >= 0.3 is 0 Å². The Bertz CT molecular complexity index is 702. The maximum Gasteiger partial charge on any atom is 0.0732 e. The molecule has 0 spiro atoms. The molecule has 1 heterocycles. The zero-order valence-electron chi connectivity index (χ0n) is 10.3. The number of nitrogens with zero attached hydrogens (tertiary/aromatic N) is 1. The quantitative estimate of drug-likeness (QED) is 0.765. The SMILES string of the molecule is NC(c1ccc(Cl)cc1)c1nccc2ccccc12. The minimum absolute atomic E-state index is 0.247. The first-order valence-corrected chi connectivity index (χ1v) is 6.48. The van der Waals surface area contributed by atoms with Gasteiger partial charge in [0, 0.05) is 16.6 Å². The van der Waals surface area contributed by atoms with Gasteiger partial charge in [-0.25, -0.2) is 0 Å². The van der Waals surface area contributed by atoms with E-state index in [-0.39, 0.29) is 6.04 Å². The van der Waals surface area contributed by atoms with E-state index in [1.807, 2.05) is 48.5 Å². The lowest BCUT2D eigenvalue weighted by Crippen LogP contribution is -2.13. The predicted molar refractivity (Wildman–Crippen MR) is 79.2 cm³/mol. The number of rotatable bonds is 2. The van der Waals surface area contributed by atoms with Crippen molar-refractivity contribution in [3.8, 4) is 0 Å². The van der Waals surface area contributed by atoms with Crippen LogP contribution in [0.15, 0.2) is 60.8 Å². The van der Waals surface area contributed by atoms with Crippen molar-refractivity contribution in [2.24, 2.45) is 5.73 Å². The summed E-state index contributed by atoms with van der Waals surface area (Å²) in [6.45, 7) is 0. The van der Waals surface area contributed by atoms with E-state index in [0.717, 1.165) is 22.0 Å². The van der Waals surface area contributed by atoms with Gasteiger partial charge in [0.15, 0.2) is 0 Å². The predicted octanol–water partition coefficient (Wildman–Crippen LogP) is 3.94. The Morgan fingerprint density at radius 2 is 1.68 bits per heavy atom. The van der Waals surface area contributed by atoms with Crippen molar-refractivity contribution in [3.05, 3.63) is 77.1 Å². The molecule has 3 heteroatoms.